The first-order valence-corrected chi connectivity index (χ1v) is 10.8. The standard InChI is InChI=1S/C21H21NO6S/c1-27-17-6-3-4-7-18(17)29(25,26)22-13-10-15(20(24)28-2)14-12-19(23)21(8-5-9-21)16(14)11-13/h3-4,6-7,10-11,22H,5,8-9,12H2,1-2H3. The van der Waals surface area contributed by atoms with Crippen molar-refractivity contribution in [1.82, 2.24) is 0 Å². The summed E-state index contributed by atoms with van der Waals surface area (Å²) in [5.74, 6) is -0.308. The van der Waals surface area contributed by atoms with Crippen LogP contribution in [-0.4, -0.2) is 34.4 Å². The fourth-order valence-electron chi connectivity index (χ4n) is 4.25. The number of para-hydroxylation sites is 1. The van der Waals surface area contributed by atoms with Crippen LogP contribution >= 0.6 is 0 Å². The molecule has 0 aliphatic heterocycles. The normalized spacial score (nSPS) is 16.8. The van der Waals surface area contributed by atoms with Crippen molar-refractivity contribution in [2.24, 2.45) is 0 Å². The van der Waals surface area contributed by atoms with Crippen molar-refractivity contribution in [3.8, 4) is 5.75 Å². The van der Waals surface area contributed by atoms with Crippen molar-refractivity contribution in [3.63, 3.8) is 0 Å². The summed E-state index contributed by atoms with van der Waals surface area (Å²) in [4.78, 5) is 25.0. The van der Waals surface area contributed by atoms with Crippen LogP contribution in [0.25, 0.3) is 0 Å². The number of nitrogens with one attached hydrogen (secondary N) is 1. The van der Waals surface area contributed by atoms with Crippen LogP contribution in [-0.2, 0) is 31.4 Å². The summed E-state index contributed by atoms with van der Waals surface area (Å²) in [6.45, 7) is 0. The zero-order chi connectivity index (χ0) is 20.8. The molecule has 0 heterocycles. The Labute approximate surface area is 169 Å². The quantitative estimate of drug-likeness (QED) is 0.754. The Balaban J connectivity index is 1.81. The Bertz CT molecular complexity index is 1120. The van der Waals surface area contributed by atoms with Gasteiger partial charge in [0.25, 0.3) is 10.0 Å². The molecule has 152 valence electrons. The minimum atomic E-state index is -3.97. The van der Waals surface area contributed by atoms with E-state index in [1.807, 2.05) is 0 Å². The smallest absolute Gasteiger partial charge is 0.338 e. The average molecular weight is 415 g/mol. The Kier molecular flexibility index (Phi) is 4.61. The lowest BCUT2D eigenvalue weighted by Gasteiger charge is -2.37. The van der Waals surface area contributed by atoms with Gasteiger partial charge in [-0.1, -0.05) is 18.6 Å². The first-order valence-electron chi connectivity index (χ1n) is 9.27. The molecule has 1 N–H and O–H groups in total. The van der Waals surface area contributed by atoms with E-state index in [1.165, 1.54) is 26.4 Å². The zero-order valence-electron chi connectivity index (χ0n) is 16.2. The highest BCUT2D eigenvalue weighted by atomic mass is 32.2. The second-order valence-corrected chi connectivity index (χ2v) is 8.98. The van der Waals surface area contributed by atoms with Gasteiger partial charge in [-0.25, -0.2) is 13.2 Å². The number of ether oxygens (including phenoxy) is 2. The van der Waals surface area contributed by atoms with Gasteiger partial charge in [0.15, 0.2) is 0 Å². The van der Waals surface area contributed by atoms with Crippen LogP contribution in [0.15, 0.2) is 41.3 Å². The third-order valence-corrected chi connectivity index (χ3v) is 7.28. The minimum absolute atomic E-state index is 0.0166. The lowest BCUT2D eigenvalue weighted by Crippen LogP contribution is -2.39. The number of Topliss-reactive ketones (excluding diaryl/α,β-unsaturated/α-hetero) is 1. The SMILES string of the molecule is COC(=O)c1cc(NS(=O)(=O)c2ccccc2OC)cc2c1CC(=O)C21CCC1. The molecule has 2 aromatic carbocycles. The molecule has 0 amide bonds. The van der Waals surface area contributed by atoms with Crippen LogP contribution in [0.2, 0.25) is 0 Å². The number of rotatable bonds is 5. The number of ketones is 1. The summed E-state index contributed by atoms with van der Waals surface area (Å²) in [5, 5.41) is 0. The Hall–Kier alpha value is -2.87. The number of carbonyl (C=O) groups excluding carboxylic acids is 2. The number of methoxy groups -OCH3 is 2. The molecule has 7 nitrogen and oxygen atoms in total. The molecule has 1 saturated carbocycles. The van der Waals surface area contributed by atoms with E-state index in [2.05, 4.69) is 4.72 Å². The molecular formula is C21H21NO6S. The van der Waals surface area contributed by atoms with Gasteiger partial charge in [-0.15, -0.1) is 0 Å². The molecule has 2 aliphatic rings. The van der Waals surface area contributed by atoms with E-state index in [9.17, 15) is 18.0 Å². The van der Waals surface area contributed by atoms with E-state index >= 15 is 0 Å². The van der Waals surface area contributed by atoms with E-state index in [0.29, 0.717) is 18.4 Å². The van der Waals surface area contributed by atoms with Crippen LogP contribution in [0.5, 0.6) is 5.75 Å². The van der Waals surface area contributed by atoms with Crippen LogP contribution in [0.4, 0.5) is 5.69 Å². The van der Waals surface area contributed by atoms with Crippen LogP contribution in [0.3, 0.4) is 0 Å². The summed E-state index contributed by atoms with van der Waals surface area (Å²) in [6.07, 6.45) is 2.51. The maximum Gasteiger partial charge on any atom is 0.338 e. The van der Waals surface area contributed by atoms with Crippen molar-refractivity contribution in [1.29, 1.82) is 0 Å². The second kappa shape index (κ2) is 6.88. The Morgan fingerprint density at radius 1 is 1.14 bits per heavy atom. The summed E-state index contributed by atoms with van der Waals surface area (Å²) in [5.41, 5.74) is 1.20. The number of benzene rings is 2. The van der Waals surface area contributed by atoms with Gasteiger partial charge in [-0.2, -0.15) is 0 Å². The average Bonchev–Trinajstić information content (AvgIpc) is 2.98. The van der Waals surface area contributed by atoms with Gasteiger partial charge in [-0.3, -0.25) is 9.52 Å². The maximum absolute atomic E-state index is 13.0. The van der Waals surface area contributed by atoms with Gasteiger partial charge in [0.1, 0.15) is 16.4 Å². The highest BCUT2D eigenvalue weighted by Crippen LogP contribution is 2.52. The minimum Gasteiger partial charge on any atom is -0.495 e. The summed E-state index contributed by atoms with van der Waals surface area (Å²) in [7, 11) is -1.32. The van der Waals surface area contributed by atoms with Crippen molar-refractivity contribution in [2.45, 2.75) is 36.0 Å². The van der Waals surface area contributed by atoms with E-state index < -0.39 is 21.4 Å². The first kappa shape index (κ1) is 19.4. The molecule has 2 aromatic rings. The largest absolute Gasteiger partial charge is 0.495 e. The van der Waals surface area contributed by atoms with E-state index in [-0.39, 0.29) is 34.1 Å². The predicted molar refractivity (Wildman–Crippen MR) is 106 cm³/mol. The molecule has 29 heavy (non-hydrogen) atoms. The van der Waals surface area contributed by atoms with Crippen LogP contribution < -0.4 is 9.46 Å². The molecular weight excluding hydrogens is 394 g/mol. The van der Waals surface area contributed by atoms with Gasteiger partial charge >= 0.3 is 5.97 Å². The second-order valence-electron chi connectivity index (χ2n) is 7.33. The molecule has 0 aromatic heterocycles. The predicted octanol–water partition coefficient (Wildman–Crippen LogP) is 2.83. The molecule has 1 spiro atoms. The first-order chi connectivity index (χ1) is 13.8. The number of hydrogen-bond donors (Lipinski definition) is 1. The molecule has 0 radical (unpaired) electrons. The van der Waals surface area contributed by atoms with Crippen molar-refractivity contribution >= 4 is 27.5 Å². The van der Waals surface area contributed by atoms with Crippen molar-refractivity contribution < 1.29 is 27.5 Å². The molecule has 0 atom stereocenters. The van der Waals surface area contributed by atoms with Crippen LogP contribution in [0, 0.1) is 0 Å². The molecule has 0 saturated heterocycles. The van der Waals surface area contributed by atoms with E-state index in [1.54, 1.807) is 24.3 Å². The maximum atomic E-state index is 13.0. The highest BCUT2D eigenvalue weighted by molar-refractivity contribution is 7.92. The highest BCUT2D eigenvalue weighted by Gasteiger charge is 2.51. The third kappa shape index (κ3) is 2.98. The molecule has 0 bridgehead atoms. The van der Waals surface area contributed by atoms with Crippen molar-refractivity contribution in [2.75, 3.05) is 18.9 Å². The number of fused-ring (bicyclic) bond motifs is 2. The fourth-order valence-corrected chi connectivity index (χ4v) is 5.46. The Morgan fingerprint density at radius 2 is 1.86 bits per heavy atom. The monoisotopic (exact) mass is 415 g/mol. The van der Waals surface area contributed by atoms with Crippen LogP contribution in [0.1, 0.15) is 40.7 Å². The zero-order valence-corrected chi connectivity index (χ0v) is 17.0. The number of carbonyl (C=O) groups is 2. The lowest BCUT2D eigenvalue weighted by molar-refractivity contribution is -0.125. The topological polar surface area (TPSA) is 98.8 Å². The summed E-state index contributed by atoms with van der Waals surface area (Å²) >= 11 is 0. The summed E-state index contributed by atoms with van der Waals surface area (Å²) < 4.78 is 38.5. The summed E-state index contributed by atoms with van der Waals surface area (Å²) in [6, 6.07) is 9.38. The fraction of sp³-hybridized carbons (Fsp3) is 0.333. The molecule has 8 heteroatoms. The van der Waals surface area contributed by atoms with E-state index in [0.717, 1.165) is 12.0 Å². The van der Waals surface area contributed by atoms with E-state index in [4.69, 9.17) is 9.47 Å². The molecule has 1 fully saturated rings. The van der Waals surface area contributed by atoms with Crippen molar-refractivity contribution in [3.05, 3.63) is 53.1 Å². The van der Waals surface area contributed by atoms with Gasteiger partial charge in [0.2, 0.25) is 0 Å². The third-order valence-electron chi connectivity index (χ3n) is 5.86. The van der Waals surface area contributed by atoms with Gasteiger partial charge in [-0.05, 0) is 48.2 Å². The molecule has 4 rings (SSSR count). The molecule has 0 unspecified atom stereocenters. The van der Waals surface area contributed by atoms with Gasteiger partial charge in [0, 0.05) is 6.42 Å². The van der Waals surface area contributed by atoms with Gasteiger partial charge < -0.3 is 9.47 Å². The molecule has 2 aliphatic carbocycles. The Morgan fingerprint density at radius 3 is 2.48 bits per heavy atom. The number of esters is 1. The van der Waals surface area contributed by atoms with Gasteiger partial charge in [0.05, 0.1) is 30.9 Å². The number of hydrogen-bond acceptors (Lipinski definition) is 6. The number of sulfonamides is 1. The number of anilines is 1. The lowest BCUT2D eigenvalue weighted by atomic mass is 9.64.